The summed E-state index contributed by atoms with van der Waals surface area (Å²) in [5.74, 6) is 0. The van der Waals surface area contributed by atoms with Crippen LogP contribution in [0.3, 0.4) is 0 Å². The van der Waals surface area contributed by atoms with Gasteiger partial charge in [-0.1, -0.05) is 12.1 Å². The van der Waals surface area contributed by atoms with Crippen molar-refractivity contribution in [3.05, 3.63) is 61.1 Å². The molecule has 0 radical (unpaired) electrons. The highest BCUT2D eigenvalue weighted by atomic mass is 15.3. The molecular formula is C16H13N5. The molecule has 0 spiro atoms. The predicted molar refractivity (Wildman–Crippen MR) is 83.1 cm³/mol. The Morgan fingerprint density at radius 2 is 2.05 bits per heavy atom. The zero-order valence-electron chi connectivity index (χ0n) is 11.2. The summed E-state index contributed by atoms with van der Waals surface area (Å²) in [7, 11) is 0. The zero-order chi connectivity index (χ0) is 14.2. The van der Waals surface area contributed by atoms with Crippen LogP contribution < -0.4 is 5.73 Å². The van der Waals surface area contributed by atoms with Gasteiger partial charge in [-0.15, -0.1) is 0 Å². The van der Waals surface area contributed by atoms with E-state index in [-0.39, 0.29) is 0 Å². The number of hydrogen-bond donors (Lipinski definition) is 2. The SMILES string of the molecule is Nc1cccc(-c2ccn(-c3ccnc4[nH]ccc34)n2)c1. The summed E-state index contributed by atoms with van der Waals surface area (Å²) in [6.07, 6.45) is 5.60. The molecule has 0 amide bonds. The van der Waals surface area contributed by atoms with Crippen LogP contribution in [0.2, 0.25) is 0 Å². The molecule has 102 valence electrons. The van der Waals surface area contributed by atoms with Crippen molar-refractivity contribution in [3.8, 4) is 16.9 Å². The standard InChI is InChI=1S/C16H13N5/c17-12-3-1-2-11(10-12)14-6-9-21(20-14)15-5-8-19-16-13(15)4-7-18-16/h1-10H,17H2,(H,18,19). The van der Waals surface area contributed by atoms with Crippen molar-refractivity contribution in [1.29, 1.82) is 0 Å². The molecule has 0 unspecified atom stereocenters. The topological polar surface area (TPSA) is 72.5 Å². The number of aromatic amines is 1. The fraction of sp³-hybridized carbons (Fsp3) is 0. The van der Waals surface area contributed by atoms with Gasteiger partial charge in [0.05, 0.1) is 11.4 Å². The molecule has 3 N–H and O–H groups in total. The van der Waals surface area contributed by atoms with Crippen LogP contribution >= 0.6 is 0 Å². The Morgan fingerprint density at radius 1 is 1.10 bits per heavy atom. The number of nitrogens with zero attached hydrogens (tertiary/aromatic N) is 3. The summed E-state index contributed by atoms with van der Waals surface area (Å²) in [4.78, 5) is 7.40. The van der Waals surface area contributed by atoms with Gasteiger partial charge in [0.1, 0.15) is 5.65 Å². The maximum Gasteiger partial charge on any atom is 0.139 e. The fourth-order valence-electron chi connectivity index (χ4n) is 2.46. The van der Waals surface area contributed by atoms with Crippen molar-refractivity contribution >= 4 is 16.7 Å². The largest absolute Gasteiger partial charge is 0.399 e. The fourth-order valence-corrected chi connectivity index (χ4v) is 2.46. The van der Waals surface area contributed by atoms with Gasteiger partial charge in [0.2, 0.25) is 0 Å². The molecule has 3 aromatic heterocycles. The van der Waals surface area contributed by atoms with Crippen molar-refractivity contribution in [2.24, 2.45) is 0 Å². The van der Waals surface area contributed by atoms with Crippen molar-refractivity contribution in [2.75, 3.05) is 5.73 Å². The third-order valence-corrected chi connectivity index (χ3v) is 3.46. The number of nitrogens with one attached hydrogen (secondary N) is 1. The molecule has 0 atom stereocenters. The van der Waals surface area contributed by atoms with Crippen molar-refractivity contribution in [3.63, 3.8) is 0 Å². The van der Waals surface area contributed by atoms with Gasteiger partial charge in [-0.3, -0.25) is 0 Å². The Labute approximate surface area is 121 Å². The van der Waals surface area contributed by atoms with Crippen LogP contribution in [0.15, 0.2) is 61.1 Å². The molecule has 1 aromatic carbocycles. The van der Waals surface area contributed by atoms with E-state index < -0.39 is 0 Å². The Morgan fingerprint density at radius 3 is 2.95 bits per heavy atom. The highest BCUT2D eigenvalue weighted by Crippen LogP contribution is 2.23. The lowest BCUT2D eigenvalue weighted by Gasteiger charge is -2.03. The van der Waals surface area contributed by atoms with Gasteiger partial charge in [-0.25, -0.2) is 9.67 Å². The summed E-state index contributed by atoms with van der Waals surface area (Å²) in [5.41, 5.74) is 10.3. The molecule has 0 aliphatic heterocycles. The predicted octanol–water partition coefficient (Wildman–Crippen LogP) is 3.00. The van der Waals surface area contributed by atoms with E-state index in [1.807, 2.05) is 59.5 Å². The van der Waals surface area contributed by atoms with E-state index in [4.69, 9.17) is 5.73 Å². The molecular weight excluding hydrogens is 262 g/mol. The van der Waals surface area contributed by atoms with E-state index in [0.29, 0.717) is 0 Å². The van der Waals surface area contributed by atoms with E-state index >= 15 is 0 Å². The first-order valence-corrected chi connectivity index (χ1v) is 6.65. The lowest BCUT2D eigenvalue weighted by molar-refractivity contribution is 0.890. The summed E-state index contributed by atoms with van der Waals surface area (Å²) in [6, 6.07) is 13.7. The van der Waals surface area contributed by atoms with E-state index in [1.54, 1.807) is 6.20 Å². The van der Waals surface area contributed by atoms with Crippen molar-refractivity contribution in [1.82, 2.24) is 19.7 Å². The first kappa shape index (κ1) is 11.7. The van der Waals surface area contributed by atoms with Gasteiger partial charge in [0.15, 0.2) is 0 Å². The van der Waals surface area contributed by atoms with Gasteiger partial charge in [0.25, 0.3) is 0 Å². The number of hydrogen-bond acceptors (Lipinski definition) is 3. The Balaban J connectivity index is 1.83. The van der Waals surface area contributed by atoms with Crippen LogP contribution in [-0.2, 0) is 0 Å². The molecule has 4 rings (SSSR count). The number of aromatic nitrogens is 4. The van der Waals surface area contributed by atoms with Gasteiger partial charge >= 0.3 is 0 Å². The molecule has 5 nitrogen and oxygen atoms in total. The number of anilines is 1. The number of nitrogen functional groups attached to an aromatic ring is 1. The van der Waals surface area contributed by atoms with E-state index in [9.17, 15) is 0 Å². The van der Waals surface area contributed by atoms with Crippen LogP contribution in [-0.4, -0.2) is 19.7 Å². The summed E-state index contributed by atoms with van der Waals surface area (Å²) >= 11 is 0. The second kappa shape index (κ2) is 4.49. The maximum atomic E-state index is 5.83. The second-order valence-electron chi connectivity index (χ2n) is 4.84. The van der Waals surface area contributed by atoms with Crippen LogP contribution in [0.5, 0.6) is 0 Å². The van der Waals surface area contributed by atoms with Gasteiger partial charge in [0, 0.05) is 35.2 Å². The smallest absolute Gasteiger partial charge is 0.139 e. The number of fused-ring (bicyclic) bond motifs is 1. The molecule has 0 saturated heterocycles. The number of rotatable bonds is 2. The van der Waals surface area contributed by atoms with Crippen LogP contribution in [0, 0.1) is 0 Å². The molecule has 3 heterocycles. The lowest BCUT2D eigenvalue weighted by Crippen LogP contribution is -1.96. The molecule has 0 aliphatic carbocycles. The summed E-state index contributed by atoms with van der Waals surface area (Å²) in [6.45, 7) is 0. The van der Waals surface area contributed by atoms with Crippen LogP contribution in [0.25, 0.3) is 28.0 Å². The second-order valence-corrected chi connectivity index (χ2v) is 4.84. The third-order valence-electron chi connectivity index (χ3n) is 3.46. The Hall–Kier alpha value is -3.08. The molecule has 0 saturated carbocycles. The van der Waals surface area contributed by atoms with Gasteiger partial charge < -0.3 is 10.7 Å². The minimum absolute atomic E-state index is 0.735. The highest BCUT2D eigenvalue weighted by Gasteiger charge is 2.08. The third kappa shape index (κ3) is 1.95. The Kier molecular flexibility index (Phi) is 2.50. The van der Waals surface area contributed by atoms with Crippen LogP contribution in [0.4, 0.5) is 5.69 Å². The first-order valence-electron chi connectivity index (χ1n) is 6.65. The van der Waals surface area contributed by atoms with E-state index in [2.05, 4.69) is 15.1 Å². The molecule has 0 fully saturated rings. The van der Waals surface area contributed by atoms with E-state index in [0.717, 1.165) is 33.7 Å². The monoisotopic (exact) mass is 275 g/mol. The molecule has 0 aliphatic rings. The van der Waals surface area contributed by atoms with Crippen molar-refractivity contribution in [2.45, 2.75) is 0 Å². The molecule has 21 heavy (non-hydrogen) atoms. The molecule has 0 bridgehead atoms. The normalized spacial score (nSPS) is 11.0. The van der Waals surface area contributed by atoms with Crippen LogP contribution in [0.1, 0.15) is 0 Å². The number of nitrogens with two attached hydrogens (primary N) is 1. The van der Waals surface area contributed by atoms with Gasteiger partial charge in [-0.05, 0) is 30.3 Å². The van der Waals surface area contributed by atoms with Crippen molar-refractivity contribution < 1.29 is 0 Å². The first-order chi connectivity index (χ1) is 10.3. The van der Waals surface area contributed by atoms with E-state index in [1.165, 1.54) is 0 Å². The number of pyridine rings is 1. The molecule has 5 heteroatoms. The highest BCUT2D eigenvalue weighted by molar-refractivity contribution is 5.84. The average Bonchev–Trinajstić information content (AvgIpc) is 3.16. The number of benzene rings is 1. The summed E-state index contributed by atoms with van der Waals surface area (Å²) < 4.78 is 1.86. The average molecular weight is 275 g/mol. The quantitative estimate of drug-likeness (QED) is 0.552. The zero-order valence-corrected chi connectivity index (χ0v) is 11.2. The lowest BCUT2D eigenvalue weighted by atomic mass is 10.1. The summed E-state index contributed by atoms with van der Waals surface area (Å²) in [5, 5.41) is 5.68. The maximum absolute atomic E-state index is 5.83. The van der Waals surface area contributed by atoms with Gasteiger partial charge in [-0.2, -0.15) is 5.10 Å². The molecule has 4 aromatic rings. The minimum Gasteiger partial charge on any atom is -0.399 e. The number of H-pyrrole nitrogens is 1. The minimum atomic E-state index is 0.735. The Bertz CT molecular complexity index is 919.